The molecule has 4 rings (SSSR count). The second-order valence-electron chi connectivity index (χ2n) is 11.4. The third-order valence-corrected chi connectivity index (χ3v) is 9.20. The number of benzene rings is 3. The van der Waals surface area contributed by atoms with Crippen LogP contribution in [0.1, 0.15) is 75.5 Å². The fraction of sp³-hybridized carbons (Fsp3) is 0.444. The minimum Gasteiger partial charge on any atom is -0.481 e. The minimum absolute atomic E-state index is 0.237. The van der Waals surface area contributed by atoms with E-state index in [1.54, 1.807) is 6.92 Å². The molecule has 1 atom stereocenters. The van der Waals surface area contributed by atoms with Crippen LogP contribution in [0, 0.1) is 0 Å². The van der Waals surface area contributed by atoms with Crippen molar-refractivity contribution in [3.63, 3.8) is 0 Å². The molecule has 242 valence electrons. The molecule has 1 heterocycles. The third kappa shape index (κ3) is 9.24. The van der Waals surface area contributed by atoms with Gasteiger partial charge in [0, 0.05) is 41.0 Å². The highest BCUT2D eigenvalue weighted by atomic mass is 35.5. The van der Waals surface area contributed by atoms with Gasteiger partial charge in [-0.15, -0.1) is 0 Å². The van der Waals surface area contributed by atoms with Gasteiger partial charge in [-0.05, 0) is 92.7 Å². The summed E-state index contributed by atoms with van der Waals surface area (Å²) in [5, 5.41) is 14.2. The first-order valence-electron chi connectivity index (χ1n) is 15.8. The molecule has 0 bridgehead atoms. The van der Waals surface area contributed by atoms with E-state index in [4.69, 9.17) is 44.3 Å². The molecule has 1 fully saturated rings. The molecule has 1 saturated heterocycles. The molecule has 1 unspecified atom stereocenters. The number of piperidine rings is 1. The number of aliphatic hydroxyl groups is 1. The van der Waals surface area contributed by atoms with Crippen LogP contribution in [0.4, 0.5) is 0 Å². The second-order valence-corrected chi connectivity index (χ2v) is 12.7. The fourth-order valence-electron chi connectivity index (χ4n) is 6.23. The molecule has 3 aromatic rings. The van der Waals surface area contributed by atoms with Gasteiger partial charge >= 0.3 is 5.97 Å². The number of hydrogen-bond acceptors (Lipinski definition) is 6. The van der Waals surface area contributed by atoms with E-state index in [1.165, 1.54) is 0 Å². The number of carbonyl (C=O) groups is 1. The summed E-state index contributed by atoms with van der Waals surface area (Å²) in [6.45, 7) is 6.74. The van der Waals surface area contributed by atoms with Crippen molar-refractivity contribution >= 4 is 46.7 Å². The van der Waals surface area contributed by atoms with E-state index < -0.39 is 11.1 Å². The summed E-state index contributed by atoms with van der Waals surface area (Å²) in [5.41, 5.74) is 1.27. The Hall–Kier alpha value is -2.61. The van der Waals surface area contributed by atoms with Crippen LogP contribution in [0.3, 0.4) is 0 Å². The largest absolute Gasteiger partial charge is 0.481 e. The van der Waals surface area contributed by atoms with Crippen molar-refractivity contribution in [1.29, 1.82) is 0 Å². The third-order valence-electron chi connectivity index (χ3n) is 8.44. The zero-order chi connectivity index (χ0) is 32.3. The standard InChI is InChI=1S/C36H43Cl3N2O4/c1-3-44-33(20-21-34(42)45-4-2)40-23-6-5-7-24-41-25-22-35(43,27-8-14-30(37)15-9-27)26-36(41,28-10-16-31(38)17-11-28)29-12-18-32(39)19-13-29/h8-19,43H,3-7,20-26H2,1-2H3. The van der Waals surface area contributed by atoms with Crippen molar-refractivity contribution in [1.82, 2.24) is 4.90 Å². The predicted molar refractivity (Wildman–Crippen MR) is 183 cm³/mol. The molecular formula is C36H43Cl3N2O4. The molecular weight excluding hydrogens is 631 g/mol. The van der Waals surface area contributed by atoms with Crippen molar-refractivity contribution in [3.05, 3.63) is 105 Å². The highest BCUT2D eigenvalue weighted by Crippen LogP contribution is 2.50. The number of likely N-dealkylation sites (tertiary alicyclic amines) is 1. The Morgan fingerprint density at radius 1 is 0.778 bits per heavy atom. The highest BCUT2D eigenvalue weighted by molar-refractivity contribution is 6.31. The molecule has 1 aliphatic heterocycles. The van der Waals surface area contributed by atoms with Gasteiger partial charge in [0.15, 0.2) is 5.90 Å². The first-order chi connectivity index (χ1) is 21.7. The Labute approximate surface area is 282 Å². The van der Waals surface area contributed by atoms with E-state index in [0.717, 1.165) is 42.5 Å². The summed E-state index contributed by atoms with van der Waals surface area (Å²) in [6.07, 6.45) is 4.56. The van der Waals surface area contributed by atoms with Gasteiger partial charge in [-0.3, -0.25) is 14.7 Å². The normalized spacial score (nSPS) is 18.5. The van der Waals surface area contributed by atoms with Gasteiger partial charge in [-0.25, -0.2) is 0 Å². The quantitative estimate of drug-likeness (QED) is 0.0802. The number of nitrogens with zero attached hydrogens (tertiary/aromatic N) is 2. The molecule has 9 heteroatoms. The van der Waals surface area contributed by atoms with Crippen molar-refractivity contribution in [2.45, 2.75) is 69.9 Å². The first kappa shape index (κ1) is 35.2. The molecule has 3 aromatic carbocycles. The molecule has 45 heavy (non-hydrogen) atoms. The molecule has 0 aromatic heterocycles. The summed E-state index contributed by atoms with van der Waals surface area (Å²) in [5.74, 6) is 0.367. The number of aliphatic imine (C=N–C) groups is 1. The van der Waals surface area contributed by atoms with Crippen LogP contribution in [0.25, 0.3) is 0 Å². The fourth-order valence-corrected chi connectivity index (χ4v) is 6.61. The lowest BCUT2D eigenvalue weighted by molar-refractivity contribution is -0.143. The maximum atomic E-state index is 12.3. The number of ether oxygens (including phenoxy) is 2. The SMILES string of the molecule is CCOC(=O)CCC(=NCCCCCN1CCC(O)(c2ccc(Cl)cc2)CC1(c1ccc(Cl)cc1)c1ccc(Cl)cc1)OCC. The highest BCUT2D eigenvalue weighted by Gasteiger charge is 2.51. The molecule has 0 saturated carbocycles. The zero-order valence-corrected chi connectivity index (χ0v) is 28.4. The maximum Gasteiger partial charge on any atom is 0.306 e. The Bertz CT molecular complexity index is 1350. The number of halogens is 3. The average Bonchev–Trinajstić information content (AvgIpc) is 3.03. The molecule has 1 aliphatic rings. The van der Waals surface area contributed by atoms with Crippen LogP contribution in [-0.4, -0.2) is 54.7 Å². The van der Waals surface area contributed by atoms with Gasteiger partial charge in [0.05, 0.1) is 30.8 Å². The summed E-state index contributed by atoms with van der Waals surface area (Å²) >= 11 is 18.9. The molecule has 0 radical (unpaired) electrons. The van der Waals surface area contributed by atoms with E-state index in [1.807, 2.05) is 55.5 Å². The van der Waals surface area contributed by atoms with E-state index in [2.05, 4.69) is 34.2 Å². The Kier molecular flexibility index (Phi) is 13.2. The topological polar surface area (TPSA) is 71.4 Å². The van der Waals surface area contributed by atoms with Gasteiger partial charge in [0.1, 0.15) is 0 Å². The predicted octanol–water partition coefficient (Wildman–Crippen LogP) is 8.82. The Morgan fingerprint density at radius 2 is 1.31 bits per heavy atom. The lowest BCUT2D eigenvalue weighted by Crippen LogP contribution is -2.57. The minimum atomic E-state index is -1.08. The summed E-state index contributed by atoms with van der Waals surface area (Å²) in [4.78, 5) is 18.9. The zero-order valence-electron chi connectivity index (χ0n) is 26.1. The van der Waals surface area contributed by atoms with E-state index in [-0.39, 0.29) is 12.4 Å². The second kappa shape index (κ2) is 16.8. The molecule has 1 N–H and O–H groups in total. The number of hydrogen-bond donors (Lipinski definition) is 1. The number of rotatable bonds is 14. The maximum absolute atomic E-state index is 12.3. The van der Waals surface area contributed by atoms with Gasteiger partial charge in [0.2, 0.25) is 0 Å². The number of carbonyl (C=O) groups excluding carboxylic acids is 1. The molecule has 0 spiro atoms. The van der Waals surface area contributed by atoms with Gasteiger partial charge in [-0.1, -0.05) is 77.6 Å². The number of unbranched alkanes of at least 4 members (excludes halogenated alkanes) is 2. The van der Waals surface area contributed by atoms with Gasteiger partial charge in [-0.2, -0.15) is 0 Å². The van der Waals surface area contributed by atoms with Crippen LogP contribution >= 0.6 is 34.8 Å². The van der Waals surface area contributed by atoms with Crippen LogP contribution < -0.4 is 0 Å². The average molecular weight is 674 g/mol. The van der Waals surface area contributed by atoms with E-state index in [9.17, 15) is 9.90 Å². The molecule has 0 amide bonds. The van der Waals surface area contributed by atoms with Crippen LogP contribution in [0.2, 0.25) is 15.1 Å². The van der Waals surface area contributed by atoms with E-state index in [0.29, 0.717) is 66.5 Å². The van der Waals surface area contributed by atoms with Crippen molar-refractivity contribution < 1.29 is 19.4 Å². The Balaban J connectivity index is 1.55. The lowest BCUT2D eigenvalue weighted by atomic mass is 9.67. The van der Waals surface area contributed by atoms with Crippen molar-refractivity contribution in [2.75, 3.05) is 32.8 Å². The monoisotopic (exact) mass is 672 g/mol. The summed E-state index contributed by atoms with van der Waals surface area (Å²) in [6, 6.07) is 23.5. The molecule has 6 nitrogen and oxygen atoms in total. The smallest absolute Gasteiger partial charge is 0.306 e. The van der Waals surface area contributed by atoms with Gasteiger partial charge < -0.3 is 14.6 Å². The summed E-state index contributed by atoms with van der Waals surface area (Å²) in [7, 11) is 0. The first-order valence-corrected chi connectivity index (χ1v) is 16.9. The van der Waals surface area contributed by atoms with Crippen LogP contribution in [0.5, 0.6) is 0 Å². The Morgan fingerprint density at radius 3 is 1.84 bits per heavy atom. The van der Waals surface area contributed by atoms with Crippen LogP contribution in [-0.2, 0) is 25.4 Å². The number of esters is 1. The van der Waals surface area contributed by atoms with Crippen LogP contribution in [0.15, 0.2) is 77.8 Å². The van der Waals surface area contributed by atoms with Gasteiger partial charge in [0.25, 0.3) is 0 Å². The molecule has 0 aliphatic carbocycles. The summed E-state index contributed by atoms with van der Waals surface area (Å²) < 4.78 is 10.7. The van der Waals surface area contributed by atoms with E-state index >= 15 is 0 Å². The lowest BCUT2D eigenvalue weighted by Gasteiger charge is -2.54. The van der Waals surface area contributed by atoms with Crippen molar-refractivity contribution in [3.8, 4) is 0 Å². The van der Waals surface area contributed by atoms with Crippen molar-refractivity contribution in [2.24, 2.45) is 4.99 Å².